The van der Waals surface area contributed by atoms with E-state index in [2.05, 4.69) is 29.4 Å². The van der Waals surface area contributed by atoms with E-state index in [4.69, 9.17) is 4.74 Å². The molecule has 94 valence electrons. The van der Waals surface area contributed by atoms with Crippen LogP contribution in [-0.2, 0) is 10.5 Å². The van der Waals surface area contributed by atoms with E-state index in [0.29, 0.717) is 0 Å². The van der Waals surface area contributed by atoms with Crippen molar-refractivity contribution in [1.29, 1.82) is 0 Å². The summed E-state index contributed by atoms with van der Waals surface area (Å²) in [5.41, 5.74) is 1.17. The maximum absolute atomic E-state index is 5.36. The molecule has 0 unspecified atom stereocenters. The first-order chi connectivity index (χ1) is 8.38. The average molecular weight is 252 g/mol. The SMILES string of the molecule is CCNc1cccc(CSC2CCOCC2)n1. The van der Waals surface area contributed by atoms with Crippen molar-refractivity contribution in [3.8, 4) is 0 Å². The van der Waals surface area contributed by atoms with E-state index in [9.17, 15) is 0 Å². The van der Waals surface area contributed by atoms with Crippen molar-refractivity contribution >= 4 is 17.6 Å². The third kappa shape index (κ3) is 4.21. The monoisotopic (exact) mass is 252 g/mol. The third-order valence-electron chi connectivity index (χ3n) is 2.80. The smallest absolute Gasteiger partial charge is 0.126 e. The van der Waals surface area contributed by atoms with Crippen LogP contribution in [0.2, 0.25) is 0 Å². The fourth-order valence-electron chi connectivity index (χ4n) is 1.89. The first-order valence-electron chi connectivity index (χ1n) is 6.27. The number of thioether (sulfide) groups is 1. The van der Waals surface area contributed by atoms with Crippen molar-refractivity contribution in [3.05, 3.63) is 23.9 Å². The van der Waals surface area contributed by atoms with E-state index in [0.717, 1.165) is 36.6 Å². The highest BCUT2D eigenvalue weighted by Crippen LogP contribution is 2.25. The van der Waals surface area contributed by atoms with Crippen LogP contribution in [0.5, 0.6) is 0 Å². The summed E-state index contributed by atoms with van der Waals surface area (Å²) in [5, 5.41) is 3.99. The van der Waals surface area contributed by atoms with E-state index in [-0.39, 0.29) is 0 Å². The molecule has 4 heteroatoms. The molecule has 0 atom stereocenters. The van der Waals surface area contributed by atoms with E-state index >= 15 is 0 Å². The molecule has 17 heavy (non-hydrogen) atoms. The Labute approximate surface area is 107 Å². The zero-order valence-electron chi connectivity index (χ0n) is 10.3. The van der Waals surface area contributed by atoms with Gasteiger partial charge in [-0.25, -0.2) is 4.98 Å². The van der Waals surface area contributed by atoms with Crippen LogP contribution < -0.4 is 5.32 Å². The standard InChI is InChI=1S/C13H20N2OS/c1-2-14-13-5-3-4-11(15-13)10-17-12-6-8-16-9-7-12/h3-5,12H,2,6-10H2,1H3,(H,14,15). The minimum atomic E-state index is 0.744. The van der Waals surface area contributed by atoms with Gasteiger partial charge in [0.2, 0.25) is 0 Å². The van der Waals surface area contributed by atoms with Gasteiger partial charge in [0.15, 0.2) is 0 Å². The van der Waals surface area contributed by atoms with Crippen molar-refractivity contribution in [2.45, 2.75) is 30.8 Å². The lowest BCUT2D eigenvalue weighted by Crippen LogP contribution is -2.17. The molecule has 0 saturated carbocycles. The van der Waals surface area contributed by atoms with Gasteiger partial charge >= 0.3 is 0 Å². The lowest BCUT2D eigenvalue weighted by Gasteiger charge is -2.21. The predicted molar refractivity (Wildman–Crippen MR) is 73.5 cm³/mol. The molecule has 0 aliphatic carbocycles. The molecule has 1 aliphatic heterocycles. The maximum atomic E-state index is 5.36. The number of pyridine rings is 1. The second kappa shape index (κ2) is 6.87. The Bertz CT molecular complexity index is 340. The first kappa shape index (κ1) is 12.7. The number of nitrogens with one attached hydrogen (secondary N) is 1. The molecule has 0 radical (unpaired) electrons. The Morgan fingerprint density at radius 1 is 1.41 bits per heavy atom. The Morgan fingerprint density at radius 2 is 2.24 bits per heavy atom. The van der Waals surface area contributed by atoms with Gasteiger partial charge < -0.3 is 10.1 Å². The van der Waals surface area contributed by atoms with Crippen LogP contribution in [0.1, 0.15) is 25.5 Å². The van der Waals surface area contributed by atoms with Crippen LogP contribution in [0.25, 0.3) is 0 Å². The molecule has 1 aliphatic rings. The molecule has 1 aromatic rings. The second-order valence-corrected chi connectivity index (χ2v) is 5.46. The van der Waals surface area contributed by atoms with Crippen LogP contribution in [0.15, 0.2) is 18.2 Å². The van der Waals surface area contributed by atoms with Crippen LogP contribution >= 0.6 is 11.8 Å². The quantitative estimate of drug-likeness (QED) is 0.873. The van der Waals surface area contributed by atoms with Gasteiger partial charge in [0.05, 0.1) is 5.69 Å². The van der Waals surface area contributed by atoms with Crippen molar-refractivity contribution < 1.29 is 4.74 Å². The minimum Gasteiger partial charge on any atom is -0.381 e. The predicted octanol–water partition coefficient (Wildman–Crippen LogP) is 2.93. The summed E-state index contributed by atoms with van der Waals surface area (Å²) in [4.78, 5) is 4.58. The fourth-order valence-corrected chi connectivity index (χ4v) is 2.98. The molecule has 0 amide bonds. The van der Waals surface area contributed by atoms with Gasteiger partial charge in [0, 0.05) is 30.8 Å². The van der Waals surface area contributed by atoms with Crippen molar-refractivity contribution in [3.63, 3.8) is 0 Å². The molecule has 1 saturated heterocycles. The molecule has 1 fully saturated rings. The molecule has 3 nitrogen and oxygen atoms in total. The second-order valence-electron chi connectivity index (χ2n) is 4.17. The highest BCUT2D eigenvalue weighted by atomic mass is 32.2. The first-order valence-corrected chi connectivity index (χ1v) is 7.32. The van der Waals surface area contributed by atoms with Crippen molar-refractivity contribution in [2.24, 2.45) is 0 Å². The normalized spacial score (nSPS) is 17.0. The Kier molecular flexibility index (Phi) is 5.13. The number of nitrogens with zero attached hydrogens (tertiary/aromatic N) is 1. The summed E-state index contributed by atoms with van der Waals surface area (Å²) in [7, 11) is 0. The molecule has 2 rings (SSSR count). The molecular weight excluding hydrogens is 232 g/mol. The molecular formula is C13H20N2OS. The minimum absolute atomic E-state index is 0.744. The summed E-state index contributed by atoms with van der Waals surface area (Å²) in [5.74, 6) is 1.99. The van der Waals surface area contributed by atoms with E-state index in [1.54, 1.807) is 0 Å². The topological polar surface area (TPSA) is 34.1 Å². The summed E-state index contributed by atoms with van der Waals surface area (Å²) in [6.45, 7) is 4.85. The Hall–Kier alpha value is -0.740. The number of anilines is 1. The zero-order chi connectivity index (χ0) is 11.9. The fraction of sp³-hybridized carbons (Fsp3) is 0.615. The summed E-state index contributed by atoms with van der Waals surface area (Å²) >= 11 is 2.01. The molecule has 0 spiro atoms. The summed E-state index contributed by atoms with van der Waals surface area (Å²) in [6, 6.07) is 6.20. The molecule has 0 aromatic carbocycles. The molecule has 0 bridgehead atoms. The van der Waals surface area contributed by atoms with Crippen LogP contribution in [0, 0.1) is 0 Å². The highest BCUT2D eigenvalue weighted by Gasteiger charge is 2.14. The van der Waals surface area contributed by atoms with Gasteiger partial charge in [0.1, 0.15) is 5.82 Å². The van der Waals surface area contributed by atoms with Gasteiger partial charge in [-0.05, 0) is 31.9 Å². The van der Waals surface area contributed by atoms with Crippen LogP contribution in [0.3, 0.4) is 0 Å². The van der Waals surface area contributed by atoms with Gasteiger partial charge in [-0.15, -0.1) is 0 Å². The van der Waals surface area contributed by atoms with Crippen LogP contribution in [0.4, 0.5) is 5.82 Å². The van der Waals surface area contributed by atoms with Gasteiger partial charge in [0.25, 0.3) is 0 Å². The zero-order valence-corrected chi connectivity index (χ0v) is 11.1. The van der Waals surface area contributed by atoms with Gasteiger partial charge in [-0.2, -0.15) is 11.8 Å². The summed E-state index contributed by atoms with van der Waals surface area (Å²) < 4.78 is 5.36. The largest absolute Gasteiger partial charge is 0.381 e. The Balaban J connectivity index is 1.83. The van der Waals surface area contributed by atoms with E-state index in [1.165, 1.54) is 18.5 Å². The molecule has 2 heterocycles. The lowest BCUT2D eigenvalue weighted by molar-refractivity contribution is 0.1000. The third-order valence-corrected chi connectivity index (χ3v) is 4.21. The average Bonchev–Trinajstić information content (AvgIpc) is 2.39. The lowest BCUT2D eigenvalue weighted by atomic mass is 10.2. The van der Waals surface area contributed by atoms with Crippen molar-refractivity contribution in [1.82, 2.24) is 4.98 Å². The number of ether oxygens (including phenoxy) is 1. The Morgan fingerprint density at radius 3 is 3.00 bits per heavy atom. The molecule has 1 aromatic heterocycles. The molecule has 1 N–H and O–H groups in total. The number of hydrogen-bond donors (Lipinski definition) is 1. The highest BCUT2D eigenvalue weighted by molar-refractivity contribution is 7.99. The van der Waals surface area contributed by atoms with E-state index < -0.39 is 0 Å². The van der Waals surface area contributed by atoms with Crippen LogP contribution in [-0.4, -0.2) is 30.0 Å². The summed E-state index contributed by atoms with van der Waals surface area (Å²) in [6.07, 6.45) is 2.36. The number of hydrogen-bond acceptors (Lipinski definition) is 4. The van der Waals surface area contributed by atoms with E-state index in [1.807, 2.05) is 17.8 Å². The van der Waals surface area contributed by atoms with Crippen molar-refractivity contribution in [2.75, 3.05) is 25.1 Å². The number of rotatable bonds is 5. The maximum Gasteiger partial charge on any atom is 0.126 e. The number of aromatic nitrogens is 1. The van der Waals surface area contributed by atoms with Gasteiger partial charge in [-0.3, -0.25) is 0 Å². The van der Waals surface area contributed by atoms with Gasteiger partial charge in [-0.1, -0.05) is 6.07 Å².